The zero-order chi connectivity index (χ0) is 31.7. The van der Waals surface area contributed by atoms with Crippen molar-refractivity contribution >= 4 is 45.4 Å². The van der Waals surface area contributed by atoms with Crippen LogP contribution in [0.2, 0.25) is 0 Å². The number of carboxylic acid groups (broad SMARTS) is 1. The first kappa shape index (κ1) is 36.3. The highest BCUT2D eigenvalue weighted by Crippen LogP contribution is 2.10. The predicted molar refractivity (Wildman–Crippen MR) is 155 cm³/mol. The molecular formula is C26H42N6O9S. The smallest absolute Gasteiger partial charge is 0.326 e. The summed E-state index contributed by atoms with van der Waals surface area (Å²) >= 11 is 0. The van der Waals surface area contributed by atoms with Gasteiger partial charge >= 0.3 is 5.97 Å². The van der Waals surface area contributed by atoms with E-state index in [0.717, 1.165) is 18.7 Å². The van der Waals surface area contributed by atoms with Gasteiger partial charge in [0.25, 0.3) is 16.0 Å². The first-order valence-electron chi connectivity index (χ1n) is 13.6. The Morgan fingerprint density at radius 3 is 2.12 bits per heavy atom. The third kappa shape index (κ3) is 14.7. The molecule has 1 rings (SSSR count). The van der Waals surface area contributed by atoms with Crippen LogP contribution >= 0.6 is 0 Å². The summed E-state index contributed by atoms with van der Waals surface area (Å²) < 4.78 is 30.7. The van der Waals surface area contributed by atoms with Crippen molar-refractivity contribution in [1.82, 2.24) is 21.3 Å². The van der Waals surface area contributed by atoms with Gasteiger partial charge < -0.3 is 37.4 Å². The van der Waals surface area contributed by atoms with Crippen LogP contribution in [0.25, 0.3) is 0 Å². The fraction of sp³-hybridized carbons (Fsp3) is 0.577. The van der Waals surface area contributed by atoms with Crippen LogP contribution in [0.5, 0.6) is 0 Å². The lowest BCUT2D eigenvalue weighted by Crippen LogP contribution is -2.50. The van der Waals surface area contributed by atoms with Gasteiger partial charge in [-0.15, -0.1) is 0 Å². The molecule has 42 heavy (non-hydrogen) atoms. The van der Waals surface area contributed by atoms with E-state index in [4.69, 9.17) is 10.3 Å². The van der Waals surface area contributed by atoms with Crippen molar-refractivity contribution in [3.8, 4) is 0 Å². The molecule has 236 valence electrons. The largest absolute Gasteiger partial charge is 0.480 e. The number of carbonyl (C=O) groups is 5. The van der Waals surface area contributed by atoms with E-state index in [9.17, 15) is 37.5 Å². The number of carbonyl (C=O) groups excluding carboxylic acids is 4. The molecule has 0 aliphatic heterocycles. The number of primary amides is 1. The number of unbranched alkanes of at least 4 members (excludes halogenated alkanes) is 1. The molecule has 0 aliphatic carbocycles. The van der Waals surface area contributed by atoms with Gasteiger partial charge in [-0.05, 0) is 69.8 Å². The molecular weight excluding hydrogens is 572 g/mol. The van der Waals surface area contributed by atoms with E-state index in [1.165, 1.54) is 7.05 Å². The zero-order valence-electron chi connectivity index (χ0n) is 23.9. The maximum atomic E-state index is 12.4. The van der Waals surface area contributed by atoms with E-state index < -0.39 is 57.7 Å². The zero-order valence-corrected chi connectivity index (χ0v) is 24.7. The molecule has 0 aliphatic rings. The number of carboxylic acids is 1. The Morgan fingerprint density at radius 2 is 1.57 bits per heavy atom. The first-order valence-corrected chi connectivity index (χ1v) is 15.2. The highest BCUT2D eigenvalue weighted by molar-refractivity contribution is 7.85. The minimum Gasteiger partial charge on any atom is -0.480 e. The fourth-order valence-electron chi connectivity index (χ4n) is 3.82. The number of nitrogens with one attached hydrogen (secondary N) is 5. The number of anilines is 1. The van der Waals surface area contributed by atoms with Crippen LogP contribution in [0.1, 0.15) is 62.2 Å². The number of likely N-dealkylation sites (N-methyl/N-ethyl adjacent to an activating group) is 1. The van der Waals surface area contributed by atoms with Gasteiger partial charge in [0.05, 0.1) is 11.8 Å². The average molecular weight is 615 g/mol. The average Bonchev–Trinajstić information content (AvgIpc) is 2.92. The Kier molecular flexibility index (Phi) is 16.1. The fourth-order valence-corrected chi connectivity index (χ4v) is 4.35. The maximum absolute atomic E-state index is 12.4. The first-order chi connectivity index (χ1) is 19.8. The summed E-state index contributed by atoms with van der Waals surface area (Å²) in [5.74, 6) is -4.62. The Morgan fingerprint density at radius 1 is 0.905 bits per heavy atom. The van der Waals surface area contributed by atoms with Crippen LogP contribution in [0, 0.1) is 0 Å². The monoisotopic (exact) mass is 614 g/mol. The minimum atomic E-state index is -4.32. The quantitative estimate of drug-likeness (QED) is 0.0653. The lowest BCUT2D eigenvalue weighted by atomic mass is 10.1. The summed E-state index contributed by atoms with van der Waals surface area (Å²) in [6.45, 7) is 3.23. The van der Waals surface area contributed by atoms with Gasteiger partial charge in [0, 0.05) is 30.8 Å². The highest BCUT2D eigenvalue weighted by Gasteiger charge is 2.27. The third-order valence-corrected chi connectivity index (χ3v) is 6.97. The van der Waals surface area contributed by atoms with Crippen LogP contribution in [-0.2, 0) is 29.3 Å². The second-order valence-corrected chi connectivity index (χ2v) is 11.2. The molecule has 0 saturated heterocycles. The van der Waals surface area contributed by atoms with Crippen molar-refractivity contribution in [2.45, 2.75) is 70.0 Å². The van der Waals surface area contributed by atoms with Gasteiger partial charge in [0.15, 0.2) is 0 Å². The van der Waals surface area contributed by atoms with Crippen LogP contribution in [0.15, 0.2) is 24.3 Å². The minimum absolute atomic E-state index is 0.200. The molecule has 0 radical (unpaired) electrons. The van der Waals surface area contributed by atoms with Crippen LogP contribution in [-0.4, -0.2) is 91.7 Å². The molecule has 0 spiro atoms. The van der Waals surface area contributed by atoms with Crippen molar-refractivity contribution in [2.24, 2.45) is 5.73 Å². The van der Waals surface area contributed by atoms with Crippen molar-refractivity contribution in [2.75, 3.05) is 31.2 Å². The van der Waals surface area contributed by atoms with Gasteiger partial charge in [-0.25, -0.2) is 4.79 Å². The molecule has 0 heterocycles. The number of hydrogen-bond acceptors (Lipinski definition) is 9. The maximum Gasteiger partial charge on any atom is 0.326 e. The molecule has 9 N–H and O–H groups in total. The van der Waals surface area contributed by atoms with E-state index in [1.807, 2.05) is 12.1 Å². The highest BCUT2D eigenvalue weighted by atomic mass is 32.2. The van der Waals surface area contributed by atoms with Crippen LogP contribution in [0.3, 0.4) is 0 Å². The Labute approximate surface area is 245 Å². The summed E-state index contributed by atoms with van der Waals surface area (Å²) in [4.78, 5) is 60.5. The Hall–Kier alpha value is -3.76. The Bertz CT molecular complexity index is 1160. The molecule has 0 bridgehead atoms. The second kappa shape index (κ2) is 18.6. The topological polar surface area (TPSA) is 246 Å². The van der Waals surface area contributed by atoms with E-state index in [2.05, 4.69) is 33.5 Å². The van der Waals surface area contributed by atoms with Crippen LogP contribution in [0.4, 0.5) is 5.69 Å². The molecule has 16 heteroatoms. The number of hydrogen-bond donors (Lipinski definition) is 8. The summed E-state index contributed by atoms with van der Waals surface area (Å²) in [6.07, 6.45) is 1.19. The van der Waals surface area contributed by atoms with Crippen LogP contribution < -0.4 is 32.3 Å². The molecule has 15 nitrogen and oxygen atoms in total. The van der Waals surface area contributed by atoms with Crippen molar-refractivity contribution in [3.63, 3.8) is 0 Å². The Balaban J connectivity index is 2.48. The van der Waals surface area contributed by atoms with Gasteiger partial charge in [-0.3, -0.25) is 23.7 Å². The number of rotatable bonds is 21. The van der Waals surface area contributed by atoms with Gasteiger partial charge in [-0.1, -0.05) is 6.92 Å². The molecule has 4 amide bonds. The van der Waals surface area contributed by atoms with Gasteiger partial charge in [0.1, 0.15) is 12.1 Å². The van der Waals surface area contributed by atoms with E-state index >= 15 is 0 Å². The lowest BCUT2D eigenvalue weighted by molar-refractivity contribution is -0.142. The van der Waals surface area contributed by atoms with Crippen molar-refractivity contribution in [1.29, 1.82) is 0 Å². The van der Waals surface area contributed by atoms with E-state index in [1.54, 1.807) is 12.1 Å². The molecule has 3 atom stereocenters. The summed E-state index contributed by atoms with van der Waals surface area (Å²) in [5.41, 5.74) is 6.83. The molecule has 0 aromatic heterocycles. The molecule has 1 aromatic carbocycles. The molecule has 0 fully saturated rings. The predicted octanol–water partition coefficient (Wildman–Crippen LogP) is -0.406. The number of aliphatic carboxylic acids is 1. The van der Waals surface area contributed by atoms with E-state index in [0.29, 0.717) is 24.9 Å². The van der Waals surface area contributed by atoms with Crippen molar-refractivity contribution < 1.29 is 42.0 Å². The third-order valence-electron chi connectivity index (χ3n) is 6.21. The SMILES string of the molecule is CCCNc1ccc(C(=O)NCCCCC(NC(=O)CCC(NC(=O)C(CCS(=O)(=O)O)NC)C(=O)O)C(N)=O)cc1. The molecule has 1 aromatic rings. The van der Waals surface area contributed by atoms with Gasteiger partial charge in [0.2, 0.25) is 17.7 Å². The summed E-state index contributed by atoms with van der Waals surface area (Å²) in [6, 6.07) is 3.51. The number of nitrogens with two attached hydrogens (primary N) is 1. The lowest BCUT2D eigenvalue weighted by Gasteiger charge is -2.20. The summed E-state index contributed by atoms with van der Waals surface area (Å²) in [7, 11) is -2.96. The molecule has 3 unspecified atom stereocenters. The number of amides is 4. The normalized spacial score (nSPS) is 13.3. The molecule has 0 saturated carbocycles. The standard InChI is InChI=1S/C26H42N6O9S/c1-3-14-29-18-9-7-17(8-10-18)24(35)30-15-5-4-6-19(23(27)34)31-22(33)12-11-21(26(37)38)32-25(36)20(28-2)13-16-42(39,40)41/h7-10,19-21,28-29H,3-6,11-16H2,1-2H3,(H2,27,34)(H,30,35)(H,31,33)(H,32,36)(H,37,38)(H,39,40,41). The number of benzene rings is 1. The summed E-state index contributed by atoms with van der Waals surface area (Å²) in [5, 5.41) is 22.7. The van der Waals surface area contributed by atoms with E-state index in [-0.39, 0.29) is 31.6 Å². The second-order valence-electron chi connectivity index (χ2n) is 9.63. The van der Waals surface area contributed by atoms with Crippen molar-refractivity contribution in [3.05, 3.63) is 29.8 Å². The van der Waals surface area contributed by atoms with Gasteiger partial charge in [-0.2, -0.15) is 8.42 Å².